The molecular formula is C58H36N4. The maximum absolute atomic E-state index is 5.26. The smallest absolute Gasteiger partial charge is 0.164 e. The molecule has 2 aliphatic carbocycles. The lowest BCUT2D eigenvalue weighted by molar-refractivity contribution is 0.794. The predicted molar refractivity (Wildman–Crippen MR) is 252 cm³/mol. The summed E-state index contributed by atoms with van der Waals surface area (Å²) in [4.78, 5) is 15.6. The van der Waals surface area contributed by atoms with Crippen LogP contribution in [-0.4, -0.2) is 19.5 Å². The van der Waals surface area contributed by atoms with Gasteiger partial charge in [-0.15, -0.1) is 0 Å². The van der Waals surface area contributed by atoms with Crippen molar-refractivity contribution in [1.29, 1.82) is 0 Å². The normalized spacial score (nSPS) is 13.0. The highest BCUT2D eigenvalue weighted by Gasteiger charge is 2.51. The number of fused-ring (bicyclic) bond motifs is 13. The van der Waals surface area contributed by atoms with Gasteiger partial charge in [-0.1, -0.05) is 182 Å². The Kier molecular flexibility index (Phi) is 7.49. The van der Waals surface area contributed by atoms with Gasteiger partial charge in [0.2, 0.25) is 0 Å². The van der Waals surface area contributed by atoms with Gasteiger partial charge in [-0.3, -0.25) is 0 Å². The molecule has 13 rings (SSSR count). The first-order valence-corrected chi connectivity index (χ1v) is 21.2. The zero-order valence-corrected chi connectivity index (χ0v) is 33.6. The molecule has 288 valence electrons. The zero-order valence-electron chi connectivity index (χ0n) is 33.6. The second-order valence-corrected chi connectivity index (χ2v) is 16.3. The van der Waals surface area contributed by atoms with Gasteiger partial charge in [0.05, 0.1) is 16.4 Å². The Labute approximate surface area is 359 Å². The third-order valence-corrected chi connectivity index (χ3v) is 13.1. The highest BCUT2D eigenvalue weighted by Crippen LogP contribution is 2.63. The van der Waals surface area contributed by atoms with Crippen LogP contribution in [-0.2, 0) is 5.41 Å². The van der Waals surface area contributed by atoms with Crippen LogP contribution >= 0.6 is 0 Å². The summed E-state index contributed by atoms with van der Waals surface area (Å²) in [5, 5.41) is 2.37. The minimum atomic E-state index is -0.465. The largest absolute Gasteiger partial charge is 0.309 e. The van der Waals surface area contributed by atoms with Crippen LogP contribution in [0.15, 0.2) is 218 Å². The Bertz CT molecular complexity index is 3450. The third kappa shape index (κ3) is 4.92. The molecule has 0 radical (unpaired) electrons. The minimum Gasteiger partial charge on any atom is -0.309 e. The van der Waals surface area contributed by atoms with Crippen molar-refractivity contribution >= 4 is 21.8 Å². The first-order valence-electron chi connectivity index (χ1n) is 21.2. The third-order valence-electron chi connectivity index (χ3n) is 13.1. The van der Waals surface area contributed by atoms with Gasteiger partial charge in [-0.25, -0.2) is 15.0 Å². The molecule has 4 heteroatoms. The van der Waals surface area contributed by atoms with Crippen LogP contribution in [0.3, 0.4) is 0 Å². The van der Waals surface area contributed by atoms with Gasteiger partial charge in [0.1, 0.15) is 0 Å². The predicted octanol–water partition coefficient (Wildman–Crippen LogP) is 14.0. The van der Waals surface area contributed by atoms with Crippen molar-refractivity contribution in [1.82, 2.24) is 19.5 Å². The first-order chi connectivity index (χ1) is 30.8. The number of aromatic nitrogens is 4. The lowest BCUT2D eigenvalue weighted by atomic mass is 9.70. The monoisotopic (exact) mass is 788 g/mol. The fourth-order valence-corrected chi connectivity index (χ4v) is 10.5. The SMILES string of the molecule is c1ccc(-c2nc(-c3ccccc3)nc(-c3cc(-c4ccc5c(c4)C4(c6ccccc6-c6ccccc64)c4ccccc4-5)c4c5ccccc5n(-c5ccccc5)c4c3)n2)cc1. The zero-order chi connectivity index (χ0) is 40.8. The number of hydrogen-bond donors (Lipinski definition) is 0. The molecule has 0 aliphatic heterocycles. The van der Waals surface area contributed by atoms with Crippen LogP contribution in [0.25, 0.3) is 95.0 Å². The number of para-hydroxylation sites is 2. The molecule has 11 aromatic rings. The number of hydrogen-bond acceptors (Lipinski definition) is 3. The Morgan fingerprint density at radius 1 is 0.306 bits per heavy atom. The Hall–Kier alpha value is -8.21. The molecule has 0 atom stereocenters. The molecule has 2 aliphatic rings. The van der Waals surface area contributed by atoms with Crippen LogP contribution in [0.4, 0.5) is 0 Å². The van der Waals surface area contributed by atoms with Gasteiger partial charge in [0, 0.05) is 33.2 Å². The minimum absolute atomic E-state index is 0.465. The topological polar surface area (TPSA) is 43.6 Å². The summed E-state index contributed by atoms with van der Waals surface area (Å²) >= 11 is 0. The van der Waals surface area contributed by atoms with Crippen molar-refractivity contribution in [2.75, 3.05) is 0 Å². The molecule has 2 aromatic heterocycles. The van der Waals surface area contributed by atoms with Gasteiger partial charge in [0.25, 0.3) is 0 Å². The highest BCUT2D eigenvalue weighted by atomic mass is 15.0. The summed E-state index contributed by atoms with van der Waals surface area (Å²) in [6.07, 6.45) is 0. The molecule has 9 aromatic carbocycles. The van der Waals surface area contributed by atoms with Crippen LogP contribution in [0.2, 0.25) is 0 Å². The van der Waals surface area contributed by atoms with E-state index < -0.39 is 5.41 Å². The fourth-order valence-electron chi connectivity index (χ4n) is 10.5. The standard InChI is InChI=1S/C58H36N4/c1-4-18-37(19-5-1)55-59-56(38-20-6-2-7-21-38)61-57(60-55)40-34-47(54-46-27-13-17-31-52(46)62(53(54)36-40)41-22-8-3-9-23-41)39-32-33-45-44-26-12-16-30-50(44)58(51(45)35-39)48-28-14-10-24-42(48)43-25-11-15-29-49(43)58/h1-36H. The highest BCUT2D eigenvalue weighted by molar-refractivity contribution is 6.17. The van der Waals surface area contributed by atoms with Crippen molar-refractivity contribution in [3.63, 3.8) is 0 Å². The van der Waals surface area contributed by atoms with Crippen molar-refractivity contribution < 1.29 is 0 Å². The molecule has 0 N–H and O–H groups in total. The summed E-state index contributed by atoms with van der Waals surface area (Å²) in [7, 11) is 0. The van der Waals surface area contributed by atoms with Crippen LogP contribution in [0.5, 0.6) is 0 Å². The summed E-state index contributed by atoms with van der Waals surface area (Å²) in [5.41, 5.74) is 18.4. The number of benzene rings is 9. The summed E-state index contributed by atoms with van der Waals surface area (Å²) < 4.78 is 2.39. The maximum Gasteiger partial charge on any atom is 0.164 e. The van der Waals surface area contributed by atoms with Gasteiger partial charge in [-0.05, 0) is 92.0 Å². The molecule has 0 unspecified atom stereocenters. The van der Waals surface area contributed by atoms with E-state index in [1.54, 1.807) is 0 Å². The average molecular weight is 789 g/mol. The van der Waals surface area contributed by atoms with E-state index in [4.69, 9.17) is 15.0 Å². The van der Waals surface area contributed by atoms with Gasteiger partial charge < -0.3 is 4.57 Å². The second kappa shape index (κ2) is 13.4. The first kappa shape index (κ1) is 34.6. The molecule has 2 heterocycles. The lowest BCUT2D eigenvalue weighted by Gasteiger charge is -2.30. The van der Waals surface area contributed by atoms with Gasteiger partial charge in [-0.2, -0.15) is 0 Å². The van der Waals surface area contributed by atoms with Crippen LogP contribution in [0.1, 0.15) is 22.3 Å². The maximum atomic E-state index is 5.26. The van der Waals surface area contributed by atoms with E-state index in [1.807, 2.05) is 36.4 Å². The Morgan fingerprint density at radius 2 is 0.774 bits per heavy atom. The average Bonchev–Trinajstić information content (AvgIpc) is 3.96. The quantitative estimate of drug-likeness (QED) is 0.174. The van der Waals surface area contributed by atoms with Crippen molar-refractivity contribution in [2.45, 2.75) is 5.41 Å². The molecule has 4 nitrogen and oxygen atoms in total. The molecule has 1 spiro atoms. The van der Waals surface area contributed by atoms with E-state index in [2.05, 4.69) is 187 Å². The molecule has 0 amide bonds. The van der Waals surface area contributed by atoms with E-state index in [0.29, 0.717) is 17.5 Å². The van der Waals surface area contributed by atoms with Crippen LogP contribution < -0.4 is 0 Å². The summed E-state index contributed by atoms with van der Waals surface area (Å²) in [6.45, 7) is 0. The molecule has 0 bridgehead atoms. The van der Waals surface area contributed by atoms with E-state index >= 15 is 0 Å². The van der Waals surface area contributed by atoms with Gasteiger partial charge in [0.15, 0.2) is 17.5 Å². The van der Waals surface area contributed by atoms with Crippen molar-refractivity contribution in [2.24, 2.45) is 0 Å². The van der Waals surface area contributed by atoms with Crippen molar-refractivity contribution in [3.8, 4) is 73.2 Å². The Morgan fingerprint density at radius 3 is 1.35 bits per heavy atom. The lowest BCUT2D eigenvalue weighted by Crippen LogP contribution is -2.25. The van der Waals surface area contributed by atoms with E-state index in [9.17, 15) is 0 Å². The molecule has 0 saturated heterocycles. The van der Waals surface area contributed by atoms with E-state index in [0.717, 1.165) is 44.5 Å². The summed E-state index contributed by atoms with van der Waals surface area (Å²) in [5.74, 6) is 1.89. The fraction of sp³-hybridized carbons (Fsp3) is 0.0172. The second-order valence-electron chi connectivity index (χ2n) is 16.3. The molecule has 0 saturated carbocycles. The molecule has 0 fully saturated rings. The number of rotatable bonds is 5. The summed E-state index contributed by atoms with van der Waals surface area (Å²) in [6, 6.07) is 78.7. The Balaban J connectivity index is 1.13. The van der Waals surface area contributed by atoms with E-state index in [1.165, 1.54) is 55.3 Å². The van der Waals surface area contributed by atoms with Gasteiger partial charge >= 0.3 is 0 Å². The van der Waals surface area contributed by atoms with E-state index in [-0.39, 0.29) is 0 Å². The molecular weight excluding hydrogens is 753 g/mol. The van der Waals surface area contributed by atoms with Crippen molar-refractivity contribution in [3.05, 3.63) is 241 Å². The van der Waals surface area contributed by atoms with Crippen LogP contribution in [0, 0.1) is 0 Å². The molecule has 62 heavy (non-hydrogen) atoms. The number of nitrogens with zero attached hydrogens (tertiary/aromatic N) is 4.